The highest BCUT2D eigenvalue weighted by atomic mass is 19.3. The smallest absolute Gasteiger partial charge is 0.387 e. The molecule has 0 aliphatic heterocycles. The number of nitrogens with zero attached hydrogens (tertiary/aromatic N) is 7. The minimum Gasteiger partial charge on any atom is -0.454 e. The van der Waals surface area contributed by atoms with Gasteiger partial charge in [0.2, 0.25) is 0 Å². The summed E-state index contributed by atoms with van der Waals surface area (Å²) in [5.41, 5.74) is 1.19. The van der Waals surface area contributed by atoms with Crippen molar-refractivity contribution in [3.63, 3.8) is 0 Å². The molecule has 4 aromatic heterocycles. The number of alkyl halides is 2. The number of hydrogen-bond acceptors (Lipinski definition) is 8. The van der Waals surface area contributed by atoms with Gasteiger partial charge in [-0.25, -0.2) is 9.50 Å². The molecule has 6 rings (SSSR count). The van der Waals surface area contributed by atoms with Gasteiger partial charge >= 0.3 is 6.61 Å². The zero-order valence-electron chi connectivity index (χ0n) is 21.2. The molecule has 1 aliphatic carbocycles. The van der Waals surface area contributed by atoms with Gasteiger partial charge in [-0.1, -0.05) is 0 Å². The molecule has 40 heavy (non-hydrogen) atoms. The Hall–Kier alpha value is -4.85. The van der Waals surface area contributed by atoms with Crippen molar-refractivity contribution >= 4 is 17.2 Å². The lowest BCUT2D eigenvalue weighted by atomic mass is 10.1. The zero-order valence-corrected chi connectivity index (χ0v) is 21.2. The van der Waals surface area contributed by atoms with Crippen LogP contribution < -0.4 is 14.8 Å². The second-order valence-electron chi connectivity index (χ2n) is 9.33. The molecule has 2 unspecified atom stereocenters. The Labute approximate surface area is 225 Å². The highest BCUT2D eigenvalue weighted by Gasteiger charge is 2.28. The Balaban J connectivity index is 1.31. The molecule has 1 aromatic carbocycles. The summed E-state index contributed by atoms with van der Waals surface area (Å²) in [5.74, 6) is 0.0489. The molecule has 2 N–H and O–H groups in total. The number of aryl methyl sites for hydroxylation is 1. The molecular weight excluding hydrogens is 526 g/mol. The topological polar surface area (TPSA) is 134 Å². The molecule has 0 spiro atoms. The average molecular weight is 551 g/mol. The molecule has 2 atom stereocenters. The SMILES string of the molecule is Cn1cc(NC(=O)c2cnn3cccnc23)c(-c2cc(Oc3cnn(C4CCCC4O)c3)ccc2OC(F)F)n1. The van der Waals surface area contributed by atoms with Crippen molar-refractivity contribution in [3.8, 4) is 28.5 Å². The summed E-state index contributed by atoms with van der Waals surface area (Å²) in [6, 6.07) is 5.88. The van der Waals surface area contributed by atoms with Crippen molar-refractivity contribution in [1.29, 1.82) is 0 Å². The van der Waals surface area contributed by atoms with Gasteiger partial charge in [0.1, 0.15) is 22.8 Å². The van der Waals surface area contributed by atoms with Gasteiger partial charge < -0.3 is 19.9 Å². The van der Waals surface area contributed by atoms with Crippen LogP contribution in [-0.2, 0) is 7.05 Å². The minimum absolute atomic E-state index is 0.127. The number of halogens is 2. The number of hydrogen-bond donors (Lipinski definition) is 2. The van der Waals surface area contributed by atoms with Gasteiger partial charge in [-0.05, 0) is 43.5 Å². The third kappa shape index (κ3) is 4.96. The maximum absolute atomic E-state index is 13.3. The molecule has 1 aliphatic rings. The molecule has 1 saturated carbocycles. The first kappa shape index (κ1) is 25.4. The van der Waals surface area contributed by atoms with Gasteiger partial charge in [-0.2, -0.15) is 24.1 Å². The summed E-state index contributed by atoms with van der Waals surface area (Å²) in [4.78, 5) is 17.3. The number of anilines is 1. The summed E-state index contributed by atoms with van der Waals surface area (Å²) in [6.07, 6.45) is 11.3. The average Bonchev–Trinajstić information content (AvgIpc) is 3.71. The number of benzene rings is 1. The van der Waals surface area contributed by atoms with Gasteiger partial charge in [-0.15, -0.1) is 0 Å². The molecule has 0 radical (unpaired) electrons. The Kier molecular flexibility index (Phi) is 6.59. The first-order chi connectivity index (χ1) is 19.4. The minimum atomic E-state index is -3.09. The number of amides is 1. The van der Waals surface area contributed by atoms with Gasteiger partial charge in [0.05, 0.1) is 42.0 Å². The van der Waals surface area contributed by atoms with Crippen molar-refractivity contribution in [2.24, 2.45) is 7.05 Å². The number of aromatic nitrogens is 7. The Bertz CT molecular complexity index is 1680. The van der Waals surface area contributed by atoms with E-state index in [1.165, 1.54) is 39.8 Å². The van der Waals surface area contributed by atoms with Crippen molar-refractivity contribution in [2.45, 2.75) is 38.0 Å². The second kappa shape index (κ2) is 10.4. The lowest BCUT2D eigenvalue weighted by Crippen LogP contribution is -2.18. The number of rotatable bonds is 8. The fraction of sp³-hybridized carbons (Fsp3) is 0.269. The molecular formula is C26H24F2N8O4. The molecule has 1 amide bonds. The lowest BCUT2D eigenvalue weighted by molar-refractivity contribution is -0.0494. The van der Waals surface area contributed by atoms with E-state index in [4.69, 9.17) is 9.47 Å². The number of aliphatic hydroxyl groups excluding tert-OH is 1. The molecule has 206 valence electrons. The fourth-order valence-electron chi connectivity index (χ4n) is 4.83. The summed E-state index contributed by atoms with van der Waals surface area (Å²) in [5, 5.41) is 25.8. The van der Waals surface area contributed by atoms with Gasteiger partial charge in [0.25, 0.3) is 5.91 Å². The van der Waals surface area contributed by atoms with E-state index in [1.54, 1.807) is 42.6 Å². The highest BCUT2D eigenvalue weighted by Crippen LogP contribution is 2.39. The first-order valence-electron chi connectivity index (χ1n) is 12.5. The number of carbonyl (C=O) groups excluding carboxylic acids is 1. The maximum Gasteiger partial charge on any atom is 0.387 e. The van der Waals surface area contributed by atoms with Gasteiger partial charge in [0.15, 0.2) is 11.4 Å². The predicted molar refractivity (Wildman–Crippen MR) is 137 cm³/mol. The van der Waals surface area contributed by atoms with E-state index in [9.17, 15) is 18.7 Å². The molecule has 1 fully saturated rings. The second-order valence-corrected chi connectivity index (χ2v) is 9.33. The maximum atomic E-state index is 13.3. The molecule has 0 saturated heterocycles. The van der Waals surface area contributed by atoms with Gasteiger partial charge in [0, 0.05) is 25.6 Å². The Morgan fingerprint density at radius 2 is 2.05 bits per heavy atom. The molecule has 4 heterocycles. The number of fused-ring (bicyclic) bond motifs is 1. The zero-order chi connectivity index (χ0) is 27.8. The number of carbonyl (C=O) groups is 1. The number of ether oxygens (including phenoxy) is 2. The van der Waals surface area contributed by atoms with Crippen LogP contribution >= 0.6 is 0 Å². The summed E-state index contributed by atoms with van der Waals surface area (Å²) in [6.45, 7) is -3.09. The quantitative estimate of drug-likeness (QED) is 0.296. The van der Waals surface area contributed by atoms with E-state index in [-0.39, 0.29) is 34.3 Å². The van der Waals surface area contributed by atoms with Crippen LogP contribution in [0.15, 0.2) is 61.4 Å². The Morgan fingerprint density at radius 3 is 2.85 bits per heavy atom. The van der Waals surface area contributed by atoms with Crippen molar-refractivity contribution in [3.05, 3.63) is 67.0 Å². The third-order valence-electron chi connectivity index (χ3n) is 6.62. The Morgan fingerprint density at radius 1 is 1.18 bits per heavy atom. The van der Waals surface area contributed by atoms with Crippen LogP contribution in [0.2, 0.25) is 0 Å². The number of nitrogens with one attached hydrogen (secondary N) is 1. The van der Waals surface area contributed by atoms with Crippen LogP contribution in [0.3, 0.4) is 0 Å². The normalized spacial score (nSPS) is 17.0. The largest absolute Gasteiger partial charge is 0.454 e. The van der Waals surface area contributed by atoms with Crippen LogP contribution in [0, 0.1) is 0 Å². The predicted octanol–water partition coefficient (Wildman–Crippen LogP) is 4.06. The van der Waals surface area contributed by atoms with Crippen LogP contribution in [0.4, 0.5) is 14.5 Å². The number of aliphatic hydroxyl groups is 1. The summed E-state index contributed by atoms with van der Waals surface area (Å²) < 4.78 is 41.9. The van der Waals surface area contributed by atoms with Crippen LogP contribution in [-0.4, -0.2) is 57.9 Å². The van der Waals surface area contributed by atoms with Crippen molar-refractivity contribution in [1.82, 2.24) is 34.2 Å². The summed E-state index contributed by atoms with van der Waals surface area (Å²) >= 11 is 0. The first-order valence-corrected chi connectivity index (χ1v) is 12.5. The van der Waals surface area contributed by atoms with E-state index in [1.807, 2.05) is 0 Å². The van der Waals surface area contributed by atoms with Gasteiger partial charge in [-0.3, -0.25) is 14.2 Å². The van der Waals surface area contributed by atoms with E-state index >= 15 is 0 Å². The van der Waals surface area contributed by atoms with Crippen LogP contribution in [0.1, 0.15) is 35.7 Å². The van der Waals surface area contributed by atoms with Crippen LogP contribution in [0.25, 0.3) is 16.9 Å². The van der Waals surface area contributed by atoms with E-state index in [0.29, 0.717) is 23.6 Å². The lowest BCUT2D eigenvalue weighted by Gasteiger charge is -2.14. The third-order valence-corrected chi connectivity index (χ3v) is 6.62. The fourth-order valence-corrected chi connectivity index (χ4v) is 4.83. The van der Waals surface area contributed by atoms with Crippen molar-refractivity contribution in [2.75, 3.05) is 5.32 Å². The molecule has 12 nitrogen and oxygen atoms in total. The molecule has 5 aromatic rings. The van der Waals surface area contributed by atoms with E-state index < -0.39 is 18.6 Å². The van der Waals surface area contributed by atoms with E-state index in [2.05, 4.69) is 25.6 Å². The molecule has 14 heteroatoms. The van der Waals surface area contributed by atoms with E-state index in [0.717, 1.165) is 12.8 Å². The molecule has 0 bridgehead atoms. The highest BCUT2D eigenvalue weighted by molar-refractivity contribution is 6.09. The summed E-state index contributed by atoms with van der Waals surface area (Å²) in [7, 11) is 1.63. The monoisotopic (exact) mass is 550 g/mol. The standard InChI is InChI=1S/C26H24F2N8O4/c1-34-14-19(32-25(38)18-12-31-35-9-3-8-29-24(18)35)23(33-34)17-10-15(6-7-22(17)40-26(27)28)39-16-11-30-36(13-16)20-4-2-5-21(20)37/h3,6-14,20-21,26,37H,2,4-5H2,1H3,(H,32,38). The van der Waals surface area contributed by atoms with Crippen LogP contribution in [0.5, 0.6) is 17.2 Å². The van der Waals surface area contributed by atoms with Crippen molar-refractivity contribution < 1.29 is 28.2 Å².